The van der Waals surface area contributed by atoms with Gasteiger partial charge in [0.15, 0.2) is 0 Å². The number of nitrogens with one attached hydrogen (secondary N) is 2. The van der Waals surface area contributed by atoms with Crippen LogP contribution in [0.4, 0.5) is 4.79 Å². The SMILES string of the molecule is Cc1cccc(-c2nnc(SCC(=O)NC(=O)N[C@@H]3CCCC[C@H]3C)o2)c1. The van der Waals surface area contributed by atoms with Crippen molar-refractivity contribution in [1.29, 1.82) is 0 Å². The topological polar surface area (TPSA) is 97.1 Å². The normalized spacial score (nSPS) is 19.5. The zero-order valence-corrected chi connectivity index (χ0v) is 16.3. The highest BCUT2D eigenvalue weighted by molar-refractivity contribution is 7.99. The van der Waals surface area contributed by atoms with E-state index in [4.69, 9.17) is 4.42 Å². The molecule has 1 aromatic carbocycles. The molecule has 0 radical (unpaired) electrons. The molecule has 2 N–H and O–H groups in total. The largest absolute Gasteiger partial charge is 0.411 e. The summed E-state index contributed by atoms with van der Waals surface area (Å²) in [7, 11) is 0. The van der Waals surface area contributed by atoms with Crippen molar-refractivity contribution < 1.29 is 14.0 Å². The highest BCUT2D eigenvalue weighted by atomic mass is 32.2. The third-order valence-corrected chi connectivity index (χ3v) is 5.50. The second-order valence-electron chi connectivity index (χ2n) is 6.92. The van der Waals surface area contributed by atoms with E-state index in [-0.39, 0.29) is 11.8 Å². The number of thioether (sulfide) groups is 1. The molecule has 3 amide bonds. The molecule has 3 rings (SSSR count). The van der Waals surface area contributed by atoms with Gasteiger partial charge in [0.1, 0.15) is 0 Å². The summed E-state index contributed by atoms with van der Waals surface area (Å²) in [4.78, 5) is 24.0. The standard InChI is InChI=1S/C19H24N4O3S/c1-12-6-5-8-14(10-12)17-22-23-19(26-17)27-11-16(24)21-18(25)20-15-9-4-3-7-13(15)2/h5-6,8,10,13,15H,3-4,7,9,11H2,1-2H3,(H2,20,21,24,25)/t13-,15-/m1/s1. The van der Waals surface area contributed by atoms with Gasteiger partial charge < -0.3 is 9.73 Å². The summed E-state index contributed by atoms with van der Waals surface area (Å²) in [5.41, 5.74) is 1.93. The first-order valence-corrected chi connectivity index (χ1v) is 10.1. The highest BCUT2D eigenvalue weighted by Gasteiger charge is 2.23. The summed E-state index contributed by atoms with van der Waals surface area (Å²) in [6.45, 7) is 4.11. The Kier molecular flexibility index (Phi) is 6.49. The molecule has 1 aliphatic rings. The summed E-state index contributed by atoms with van der Waals surface area (Å²) < 4.78 is 5.58. The van der Waals surface area contributed by atoms with E-state index < -0.39 is 11.9 Å². The van der Waals surface area contributed by atoms with Crippen molar-refractivity contribution in [2.24, 2.45) is 5.92 Å². The van der Waals surface area contributed by atoms with Gasteiger partial charge in [-0.15, -0.1) is 10.2 Å². The van der Waals surface area contributed by atoms with Crippen molar-refractivity contribution in [3.8, 4) is 11.5 Å². The Morgan fingerprint density at radius 1 is 1.26 bits per heavy atom. The molecule has 0 saturated heterocycles. The third kappa shape index (κ3) is 5.56. The molecule has 2 atom stereocenters. The quantitative estimate of drug-likeness (QED) is 0.761. The maximum atomic E-state index is 12.0. The molecule has 1 heterocycles. The van der Waals surface area contributed by atoms with Crippen LogP contribution in [0.1, 0.15) is 38.2 Å². The lowest BCUT2D eigenvalue weighted by Gasteiger charge is -2.29. The summed E-state index contributed by atoms with van der Waals surface area (Å²) >= 11 is 1.10. The third-order valence-electron chi connectivity index (χ3n) is 4.68. The first kappa shape index (κ1) is 19.4. The van der Waals surface area contributed by atoms with Gasteiger partial charge in [-0.2, -0.15) is 0 Å². The van der Waals surface area contributed by atoms with Gasteiger partial charge in [0.2, 0.25) is 11.8 Å². The van der Waals surface area contributed by atoms with Crippen molar-refractivity contribution in [1.82, 2.24) is 20.8 Å². The van der Waals surface area contributed by atoms with E-state index in [2.05, 4.69) is 27.8 Å². The number of carbonyl (C=O) groups is 2. The minimum absolute atomic E-state index is 0.0308. The summed E-state index contributed by atoms with van der Waals surface area (Å²) in [6, 6.07) is 7.43. The minimum Gasteiger partial charge on any atom is -0.411 e. The smallest absolute Gasteiger partial charge is 0.321 e. The first-order chi connectivity index (χ1) is 13.0. The molecule has 2 aromatic rings. The van der Waals surface area contributed by atoms with Crippen LogP contribution in [-0.4, -0.2) is 33.9 Å². The first-order valence-electron chi connectivity index (χ1n) is 9.15. The number of benzene rings is 1. The van der Waals surface area contributed by atoms with Gasteiger partial charge in [-0.3, -0.25) is 10.1 Å². The van der Waals surface area contributed by atoms with Gasteiger partial charge >= 0.3 is 6.03 Å². The fourth-order valence-electron chi connectivity index (χ4n) is 3.19. The lowest BCUT2D eigenvalue weighted by atomic mass is 9.86. The number of rotatable bonds is 5. The Labute approximate surface area is 162 Å². The monoisotopic (exact) mass is 388 g/mol. The molecule has 0 aliphatic heterocycles. The average Bonchev–Trinajstić information content (AvgIpc) is 3.11. The molecule has 0 unspecified atom stereocenters. The molecule has 8 heteroatoms. The second kappa shape index (κ2) is 9.03. The number of hydrogen-bond acceptors (Lipinski definition) is 6. The number of nitrogens with zero attached hydrogens (tertiary/aromatic N) is 2. The van der Waals surface area contributed by atoms with Gasteiger partial charge in [-0.25, -0.2) is 4.79 Å². The van der Waals surface area contributed by atoms with E-state index in [1.807, 2.05) is 31.2 Å². The second-order valence-corrected chi connectivity index (χ2v) is 7.85. The van der Waals surface area contributed by atoms with Gasteiger partial charge in [0.05, 0.1) is 5.75 Å². The van der Waals surface area contributed by atoms with Crippen LogP contribution < -0.4 is 10.6 Å². The molecule has 27 heavy (non-hydrogen) atoms. The Balaban J connectivity index is 1.46. The number of carbonyl (C=O) groups excluding carboxylic acids is 2. The highest BCUT2D eigenvalue weighted by Crippen LogP contribution is 2.24. The number of aryl methyl sites for hydroxylation is 1. The van der Waals surface area contributed by atoms with Crippen molar-refractivity contribution in [2.45, 2.75) is 50.8 Å². The zero-order valence-electron chi connectivity index (χ0n) is 15.5. The molecule has 1 saturated carbocycles. The summed E-state index contributed by atoms with van der Waals surface area (Å²) in [5, 5.41) is 13.5. The Hall–Kier alpha value is -2.35. The molecule has 0 bridgehead atoms. The lowest BCUT2D eigenvalue weighted by molar-refractivity contribution is -0.117. The molecule has 1 fully saturated rings. The van der Waals surface area contributed by atoms with Crippen molar-refractivity contribution in [2.75, 3.05) is 5.75 Å². The summed E-state index contributed by atoms with van der Waals surface area (Å²) in [6.07, 6.45) is 4.38. The van der Waals surface area contributed by atoms with Crippen LogP contribution in [0.3, 0.4) is 0 Å². The predicted octanol–water partition coefficient (Wildman–Crippen LogP) is 3.54. The van der Waals surface area contributed by atoms with E-state index in [0.717, 1.165) is 42.2 Å². The maximum absolute atomic E-state index is 12.0. The van der Waals surface area contributed by atoms with Crippen molar-refractivity contribution >= 4 is 23.7 Å². The Morgan fingerprint density at radius 3 is 2.85 bits per heavy atom. The number of imide groups is 1. The molecule has 144 valence electrons. The fourth-order valence-corrected chi connectivity index (χ4v) is 3.75. The van der Waals surface area contributed by atoms with Crippen LogP contribution in [-0.2, 0) is 4.79 Å². The predicted molar refractivity (Wildman–Crippen MR) is 103 cm³/mol. The van der Waals surface area contributed by atoms with E-state index in [9.17, 15) is 9.59 Å². The van der Waals surface area contributed by atoms with E-state index >= 15 is 0 Å². The van der Waals surface area contributed by atoms with Crippen molar-refractivity contribution in [3.63, 3.8) is 0 Å². The molecule has 0 spiro atoms. The van der Waals surface area contributed by atoms with Crippen LogP contribution in [0.25, 0.3) is 11.5 Å². The Bertz CT molecular complexity index is 808. The van der Waals surface area contributed by atoms with Crippen molar-refractivity contribution in [3.05, 3.63) is 29.8 Å². The molecule has 1 aliphatic carbocycles. The minimum atomic E-state index is -0.440. The number of hydrogen-bond donors (Lipinski definition) is 2. The molecule has 1 aromatic heterocycles. The van der Waals surface area contributed by atoms with Gasteiger partial charge in [-0.1, -0.05) is 49.2 Å². The van der Waals surface area contributed by atoms with E-state index in [1.54, 1.807) is 0 Å². The average molecular weight is 388 g/mol. The van der Waals surface area contributed by atoms with Crippen LogP contribution in [0.15, 0.2) is 33.9 Å². The number of urea groups is 1. The maximum Gasteiger partial charge on any atom is 0.321 e. The number of aromatic nitrogens is 2. The van der Waals surface area contributed by atoms with Crippen LogP contribution in [0.2, 0.25) is 0 Å². The van der Waals surface area contributed by atoms with Gasteiger partial charge in [-0.05, 0) is 37.8 Å². The van der Waals surface area contributed by atoms with Crippen LogP contribution in [0, 0.1) is 12.8 Å². The molecular weight excluding hydrogens is 364 g/mol. The van der Waals surface area contributed by atoms with E-state index in [1.165, 1.54) is 6.42 Å². The summed E-state index contributed by atoms with van der Waals surface area (Å²) in [5.74, 6) is 0.484. The van der Waals surface area contributed by atoms with Crippen LogP contribution in [0.5, 0.6) is 0 Å². The molecular formula is C19H24N4O3S. The fraction of sp³-hybridized carbons (Fsp3) is 0.474. The van der Waals surface area contributed by atoms with Gasteiger partial charge in [0.25, 0.3) is 5.22 Å². The Morgan fingerprint density at radius 2 is 2.07 bits per heavy atom. The lowest BCUT2D eigenvalue weighted by Crippen LogP contribution is -2.48. The van der Waals surface area contributed by atoms with Crippen LogP contribution >= 0.6 is 11.8 Å². The van der Waals surface area contributed by atoms with E-state index in [0.29, 0.717) is 17.0 Å². The molecule has 7 nitrogen and oxygen atoms in total. The zero-order chi connectivity index (χ0) is 19.2. The number of amides is 3. The van der Waals surface area contributed by atoms with Gasteiger partial charge in [0, 0.05) is 11.6 Å².